The van der Waals surface area contributed by atoms with Crippen LogP contribution in [0.1, 0.15) is 50.7 Å². The van der Waals surface area contributed by atoms with E-state index < -0.39 is 11.5 Å². The fraction of sp³-hybridized carbons (Fsp3) is 0.625. The van der Waals surface area contributed by atoms with Crippen molar-refractivity contribution in [3.8, 4) is 11.9 Å². The maximum Gasteiger partial charge on any atom is 0.212 e. The molecule has 0 radical (unpaired) electrons. The molecule has 1 aromatic heterocycles. The third-order valence-corrected chi connectivity index (χ3v) is 4.50. The van der Waals surface area contributed by atoms with Crippen LogP contribution >= 0.6 is 0 Å². The van der Waals surface area contributed by atoms with E-state index in [9.17, 15) is 10.4 Å². The maximum absolute atomic E-state index is 10.7. The lowest BCUT2D eigenvalue weighted by atomic mass is 9.65. The van der Waals surface area contributed by atoms with Gasteiger partial charge in [0.2, 0.25) is 5.88 Å². The highest BCUT2D eigenvalue weighted by molar-refractivity contribution is 5.24. The molecule has 4 nitrogen and oxygen atoms in total. The Bertz CT molecular complexity index is 480. The minimum absolute atomic E-state index is 0.516. The highest BCUT2D eigenvalue weighted by Crippen LogP contribution is 2.48. The summed E-state index contributed by atoms with van der Waals surface area (Å²) in [6, 6.07) is 5.92. The second-order valence-corrected chi connectivity index (χ2v) is 5.67. The van der Waals surface area contributed by atoms with Crippen molar-refractivity contribution in [1.82, 2.24) is 4.98 Å². The number of hydrogen-bond acceptors (Lipinski definition) is 4. The molecule has 0 spiro atoms. The molecule has 0 aromatic carbocycles. The van der Waals surface area contributed by atoms with E-state index >= 15 is 0 Å². The second kappa shape index (κ2) is 6.23. The molecule has 0 saturated heterocycles. The molecule has 2 rings (SSSR count). The molecule has 1 aromatic rings. The third-order valence-electron chi connectivity index (χ3n) is 4.50. The van der Waals surface area contributed by atoms with E-state index in [0.29, 0.717) is 17.4 Å². The number of aliphatic hydroxyl groups is 1. The quantitative estimate of drug-likeness (QED) is 0.915. The van der Waals surface area contributed by atoms with Gasteiger partial charge in [-0.05, 0) is 24.8 Å². The highest BCUT2D eigenvalue weighted by Gasteiger charge is 2.43. The molecule has 0 aliphatic heterocycles. The van der Waals surface area contributed by atoms with Crippen molar-refractivity contribution >= 4 is 0 Å². The molecule has 1 aliphatic rings. The lowest BCUT2D eigenvalue weighted by Crippen LogP contribution is -2.33. The fourth-order valence-corrected chi connectivity index (χ4v) is 3.18. The summed E-state index contributed by atoms with van der Waals surface area (Å²) in [5, 5.41) is 20.3. The number of nitriles is 1. The van der Waals surface area contributed by atoms with Crippen LogP contribution in [0.4, 0.5) is 0 Å². The van der Waals surface area contributed by atoms with Gasteiger partial charge in [-0.2, -0.15) is 5.26 Å². The van der Waals surface area contributed by atoms with Crippen molar-refractivity contribution < 1.29 is 9.84 Å². The number of aromatic nitrogens is 1. The standard InChI is InChI=1S/C16H22N2O2/c1-3-12-5-4-8-16(9-12,11-17)15(19)13-6-7-14(20-2)18-10-13/h6-7,10,12,15,19H,3-5,8-9H2,1-2H3. The summed E-state index contributed by atoms with van der Waals surface area (Å²) in [6.07, 6.45) is 5.59. The van der Waals surface area contributed by atoms with Gasteiger partial charge in [0.1, 0.15) is 0 Å². The number of methoxy groups -OCH3 is 1. The van der Waals surface area contributed by atoms with Crippen LogP contribution in [0.2, 0.25) is 0 Å². The first-order valence-corrected chi connectivity index (χ1v) is 7.24. The van der Waals surface area contributed by atoms with Crippen molar-refractivity contribution in [1.29, 1.82) is 5.26 Å². The Balaban J connectivity index is 2.23. The minimum atomic E-state index is -0.778. The van der Waals surface area contributed by atoms with Crippen LogP contribution in [0.5, 0.6) is 5.88 Å². The van der Waals surface area contributed by atoms with Gasteiger partial charge in [0.25, 0.3) is 0 Å². The average molecular weight is 274 g/mol. The molecule has 3 atom stereocenters. The van der Waals surface area contributed by atoms with Crippen LogP contribution < -0.4 is 4.74 Å². The number of rotatable bonds is 4. The van der Waals surface area contributed by atoms with E-state index in [0.717, 1.165) is 32.1 Å². The van der Waals surface area contributed by atoms with E-state index in [1.54, 1.807) is 25.4 Å². The van der Waals surface area contributed by atoms with Gasteiger partial charge in [0.15, 0.2) is 0 Å². The molecular weight excluding hydrogens is 252 g/mol. The van der Waals surface area contributed by atoms with Crippen LogP contribution in [-0.4, -0.2) is 17.2 Å². The smallest absolute Gasteiger partial charge is 0.212 e. The van der Waals surface area contributed by atoms with E-state index in [1.165, 1.54) is 0 Å². The van der Waals surface area contributed by atoms with Gasteiger partial charge in [0, 0.05) is 17.8 Å². The summed E-state index contributed by atoms with van der Waals surface area (Å²) >= 11 is 0. The summed E-state index contributed by atoms with van der Waals surface area (Å²) in [5.41, 5.74) is 0.0268. The van der Waals surface area contributed by atoms with Crippen LogP contribution in [0.15, 0.2) is 18.3 Å². The first-order valence-electron chi connectivity index (χ1n) is 7.24. The Morgan fingerprint density at radius 3 is 2.95 bits per heavy atom. The Kier molecular flexibility index (Phi) is 4.61. The van der Waals surface area contributed by atoms with Gasteiger partial charge in [-0.3, -0.25) is 0 Å². The van der Waals surface area contributed by atoms with Gasteiger partial charge < -0.3 is 9.84 Å². The van der Waals surface area contributed by atoms with Gasteiger partial charge in [-0.25, -0.2) is 4.98 Å². The lowest BCUT2D eigenvalue weighted by molar-refractivity contribution is 0.0182. The molecule has 1 N–H and O–H groups in total. The SMILES string of the molecule is CCC1CCCC(C#N)(C(O)c2ccc(OC)nc2)C1. The second-order valence-electron chi connectivity index (χ2n) is 5.67. The van der Waals surface area contributed by atoms with Gasteiger partial charge in [0.05, 0.1) is 24.7 Å². The normalized spacial score (nSPS) is 27.6. The molecule has 108 valence electrons. The fourth-order valence-electron chi connectivity index (χ4n) is 3.18. The zero-order chi connectivity index (χ0) is 14.6. The maximum atomic E-state index is 10.7. The van der Waals surface area contributed by atoms with Gasteiger partial charge in [-0.15, -0.1) is 0 Å². The molecule has 1 aliphatic carbocycles. The zero-order valence-corrected chi connectivity index (χ0v) is 12.2. The number of nitrogens with zero attached hydrogens (tertiary/aromatic N) is 2. The summed E-state index contributed by atoms with van der Waals surface area (Å²) in [6.45, 7) is 2.15. The molecular formula is C16H22N2O2. The largest absolute Gasteiger partial charge is 0.481 e. The first-order chi connectivity index (χ1) is 9.65. The monoisotopic (exact) mass is 274 g/mol. The topological polar surface area (TPSA) is 66.1 Å². The van der Waals surface area contributed by atoms with Crippen LogP contribution in [0.25, 0.3) is 0 Å². The molecule has 1 fully saturated rings. The molecule has 0 amide bonds. The predicted molar refractivity (Wildman–Crippen MR) is 76.0 cm³/mol. The molecule has 0 bridgehead atoms. The summed E-state index contributed by atoms with van der Waals surface area (Å²) in [4.78, 5) is 4.13. The highest BCUT2D eigenvalue weighted by atomic mass is 16.5. The van der Waals surface area contributed by atoms with Crippen LogP contribution in [-0.2, 0) is 0 Å². The predicted octanol–water partition coefficient (Wildman–Crippen LogP) is 3.23. The van der Waals surface area contributed by atoms with Gasteiger partial charge in [-0.1, -0.05) is 26.2 Å². The van der Waals surface area contributed by atoms with Crippen molar-refractivity contribution in [3.05, 3.63) is 23.9 Å². The molecule has 3 unspecified atom stereocenters. The molecule has 20 heavy (non-hydrogen) atoms. The number of hydrogen-bond donors (Lipinski definition) is 1. The van der Waals surface area contributed by atoms with E-state index in [2.05, 4.69) is 18.0 Å². The van der Waals surface area contributed by atoms with Crippen molar-refractivity contribution in [2.45, 2.75) is 45.1 Å². The summed E-state index contributed by atoms with van der Waals surface area (Å²) in [7, 11) is 1.56. The average Bonchev–Trinajstić information content (AvgIpc) is 2.54. The van der Waals surface area contributed by atoms with Crippen molar-refractivity contribution in [3.63, 3.8) is 0 Å². The Morgan fingerprint density at radius 2 is 2.40 bits per heavy atom. The lowest BCUT2D eigenvalue weighted by Gasteiger charge is -2.38. The van der Waals surface area contributed by atoms with Crippen molar-refractivity contribution in [2.24, 2.45) is 11.3 Å². The van der Waals surface area contributed by atoms with Crippen LogP contribution in [0.3, 0.4) is 0 Å². The minimum Gasteiger partial charge on any atom is -0.481 e. The zero-order valence-electron chi connectivity index (χ0n) is 12.2. The summed E-state index contributed by atoms with van der Waals surface area (Å²) < 4.78 is 5.02. The molecule has 4 heteroatoms. The molecule has 1 heterocycles. The van der Waals surface area contributed by atoms with E-state index in [4.69, 9.17) is 4.74 Å². The van der Waals surface area contributed by atoms with E-state index in [1.807, 2.05) is 0 Å². The number of aliphatic hydroxyl groups excluding tert-OH is 1. The first kappa shape index (κ1) is 14.8. The van der Waals surface area contributed by atoms with E-state index in [-0.39, 0.29) is 0 Å². The Labute approximate surface area is 120 Å². The Morgan fingerprint density at radius 1 is 1.60 bits per heavy atom. The van der Waals surface area contributed by atoms with Crippen molar-refractivity contribution in [2.75, 3.05) is 7.11 Å². The number of pyridine rings is 1. The third kappa shape index (κ3) is 2.78. The summed E-state index contributed by atoms with van der Waals surface area (Å²) in [5.74, 6) is 1.05. The van der Waals surface area contributed by atoms with Crippen LogP contribution in [0, 0.1) is 22.7 Å². The van der Waals surface area contributed by atoms with Gasteiger partial charge >= 0.3 is 0 Å². The molecule has 1 saturated carbocycles. The number of ether oxygens (including phenoxy) is 1. The Hall–Kier alpha value is -1.60.